The highest BCUT2D eigenvalue weighted by Crippen LogP contribution is 2.17. The number of nitriles is 1. The lowest BCUT2D eigenvalue weighted by atomic mass is 10.1. The van der Waals surface area contributed by atoms with Crippen molar-refractivity contribution in [3.05, 3.63) is 79.9 Å². The first-order valence-corrected chi connectivity index (χ1v) is 8.56. The number of rotatable bonds is 4. The molecule has 1 aromatic carbocycles. The van der Waals surface area contributed by atoms with Gasteiger partial charge >= 0.3 is 0 Å². The lowest BCUT2D eigenvalue weighted by Gasteiger charge is -2.18. The van der Waals surface area contributed by atoms with Crippen molar-refractivity contribution in [1.29, 1.82) is 5.26 Å². The van der Waals surface area contributed by atoms with Crippen LogP contribution in [0.1, 0.15) is 29.8 Å². The van der Waals surface area contributed by atoms with Gasteiger partial charge in [0.05, 0.1) is 18.1 Å². The minimum absolute atomic E-state index is 0.184. The molecule has 0 aliphatic carbocycles. The lowest BCUT2D eigenvalue weighted by Crippen LogP contribution is -2.44. The van der Waals surface area contributed by atoms with Gasteiger partial charge in [0.1, 0.15) is 28.3 Å². The van der Waals surface area contributed by atoms with Crippen LogP contribution in [0.4, 0.5) is 8.78 Å². The summed E-state index contributed by atoms with van der Waals surface area (Å²) in [6.45, 7) is 2.56. The molecule has 0 aliphatic rings. The first-order valence-electron chi connectivity index (χ1n) is 8.56. The number of amides is 1. The average molecular weight is 398 g/mol. The number of pyridine rings is 2. The number of hydrogen-bond acceptors (Lipinski definition) is 4. The Bertz CT molecular complexity index is 1270. The maximum Gasteiger partial charge on any atom is 0.258 e. The predicted molar refractivity (Wildman–Crippen MR) is 101 cm³/mol. The van der Waals surface area contributed by atoms with Crippen molar-refractivity contribution in [2.45, 2.75) is 25.9 Å². The minimum Gasteiger partial charge on any atom is -0.341 e. The van der Waals surface area contributed by atoms with Crippen LogP contribution in [0.15, 0.2) is 46.1 Å². The summed E-state index contributed by atoms with van der Waals surface area (Å²) < 4.78 is 29.5. The third-order valence-electron chi connectivity index (χ3n) is 4.30. The molecule has 0 saturated heterocycles. The number of fused-ring (bicyclic) bond motifs is 1. The van der Waals surface area contributed by atoms with Gasteiger partial charge in [0.15, 0.2) is 0 Å². The van der Waals surface area contributed by atoms with Crippen molar-refractivity contribution in [2.75, 3.05) is 0 Å². The number of aromatic amines is 1. The van der Waals surface area contributed by atoms with Crippen LogP contribution in [-0.2, 0) is 6.54 Å². The van der Waals surface area contributed by atoms with Crippen LogP contribution >= 0.6 is 0 Å². The summed E-state index contributed by atoms with van der Waals surface area (Å²) in [5.41, 5.74) is -3.25. The Labute approximate surface area is 163 Å². The van der Waals surface area contributed by atoms with Crippen molar-refractivity contribution in [2.24, 2.45) is 0 Å². The van der Waals surface area contributed by atoms with Gasteiger partial charge in [-0.3, -0.25) is 14.4 Å². The first-order chi connectivity index (χ1) is 13.6. The number of benzene rings is 1. The van der Waals surface area contributed by atoms with Gasteiger partial charge in [0.2, 0.25) is 11.0 Å². The molecule has 0 radical (unpaired) electrons. The van der Waals surface area contributed by atoms with Crippen molar-refractivity contribution in [3.63, 3.8) is 0 Å². The largest absolute Gasteiger partial charge is 0.341 e. The van der Waals surface area contributed by atoms with E-state index in [-0.39, 0.29) is 28.7 Å². The Kier molecular flexibility index (Phi) is 5.03. The van der Waals surface area contributed by atoms with Crippen LogP contribution in [-0.4, -0.2) is 21.0 Å². The molecule has 0 bridgehead atoms. The smallest absolute Gasteiger partial charge is 0.258 e. The topological polar surface area (TPSA) is 108 Å². The molecular formula is C20H16F2N4O3. The Morgan fingerprint density at radius 1 is 1.21 bits per heavy atom. The third kappa shape index (κ3) is 3.91. The molecule has 148 valence electrons. The molecule has 0 unspecified atom stereocenters. The van der Waals surface area contributed by atoms with E-state index in [0.29, 0.717) is 0 Å². The van der Waals surface area contributed by atoms with E-state index in [9.17, 15) is 23.2 Å². The zero-order chi connectivity index (χ0) is 21.3. The van der Waals surface area contributed by atoms with E-state index in [1.54, 1.807) is 0 Å². The monoisotopic (exact) mass is 398 g/mol. The van der Waals surface area contributed by atoms with Crippen LogP contribution in [0.3, 0.4) is 0 Å². The average Bonchev–Trinajstić information content (AvgIpc) is 2.66. The maximum atomic E-state index is 14.1. The lowest BCUT2D eigenvalue weighted by molar-refractivity contribution is 0.0927. The second-order valence-electron chi connectivity index (χ2n) is 6.97. The number of nitrogens with one attached hydrogen (secondary N) is 2. The number of aromatic nitrogens is 2. The van der Waals surface area contributed by atoms with Crippen LogP contribution in [0, 0.1) is 23.0 Å². The fraction of sp³-hybridized carbons (Fsp3) is 0.200. The minimum atomic E-state index is -1.26. The van der Waals surface area contributed by atoms with Crippen LogP contribution in [0.25, 0.3) is 11.0 Å². The van der Waals surface area contributed by atoms with Gasteiger partial charge in [-0.1, -0.05) is 6.07 Å². The standard InChI is InChI=1S/C20H16F2N4O3/c1-20(2,10-23)25-19(29)12-9-26(8-11-13(21)4-3-5-14(11)22)15-6-7-16(27)24-17(15)18(12)28/h3-7,9H,8H2,1-2H3,(H,24,27)(H,25,29). The molecule has 2 N–H and O–H groups in total. The van der Waals surface area contributed by atoms with E-state index in [4.69, 9.17) is 5.26 Å². The van der Waals surface area contributed by atoms with Crippen molar-refractivity contribution < 1.29 is 13.6 Å². The van der Waals surface area contributed by atoms with Crippen molar-refractivity contribution in [1.82, 2.24) is 14.9 Å². The third-order valence-corrected chi connectivity index (χ3v) is 4.30. The van der Waals surface area contributed by atoms with E-state index in [2.05, 4.69) is 10.3 Å². The number of carbonyl (C=O) groups is 1. The van der Waals surface area contributed by atoms with Crippen LogP contribution in [0.5, 0.6) is 0 Å². The van der Waals surface area contributed by atoms with E-state index >= 15 is 0 Å². The summed E-state index contributed by atoms with van der Waals surface area (Å²) in [6, 6.07) is 7.77. The zero-order valence-electron chi connectivity index (χ0n) is 15.5. The summed E-state index contributed by atoms with van der Waals surface area (Å²) in [6.07, 6.45) is 1.15. The van der Waals surface area contributed by atoms with Crippen LogP contribution < -0.4 is 16.3 Å². The van der Waals surface area contributed by atoms with E-state index in [0.717, 1.165) is 24.4 Å². The predicted octanol–water partition coefficient (Wildman–Crippen LogP) is 2.05. The number of carbonyl (C=O) groups excluding carboxylic acids is 1. The molecule has 1 amide bonds. The normalized spacial score (nSPS) is 11.3. The summed E-state index contributed by atoms with van der Waals surface area (Å²) >= 11 is 0. The highest BCUT2D eigenvalue weighted by molar-refractivity contribution is 5.97. The second-order valence-corrected chi connectivity index (χ2v) is 6.97. The van der Waals surface area contributed by atoms with Gasteiger partial charge in [-0.05, 0) is 32.0 Å². The molecular weight excluding hydrogens is 382 g/mol. The number of H-pyrrole nitrogens is 1. The second kappa shape index (κ2) is 7.31. The van der Waals surface area contributed by atoms with Gasteiger partial charge in [-0.15, -0.1) is 0 Å². The van der Waals surface area contributed by atoms with Crippen molar-refractivity contribution >= 4 is 16.9 Å². The maximum absolute atomic E-state index is 14.1. The Morgan fingerprint density at radius 3 is 2.48 bits per heavy atom. The summed E-state index contributed by atoms with van der Waals surface area (Å²) in [5, 5.41) is 11.5. The highest BCUT2D eigenvalue weighted by atomic mass is 19.1. The summed E-state index contributed by atoms with van der Waals surface area (Å²) in [4.78, 5) is 39.4. The van der Waals surface area contributed by atoms with Crippen LogP contribution in [0.2, 0.25) is 0 Å². The summed E-state index contributed by atoms with van der Waals surface area (Å²) in [5.74, 6) is -2.44. The molecule has 0 atom stereocenters. The summed E-state index contributed by atoms with van der Waals surface area (Å²) in [7, 11) is 0. The van der Waals surface area contributed by atoms with Gasteiger partial charge < -0.3 is 14.9 Å². The molecule has 0 spiro atoms. The molecule has 29 heavy (non-hydrogen) atoms. The van der Waals surface area contributed by atoms with E-state index in [1.807, 2.05) is 6.07 Å². The quantitative estimate of drug-likeness (QED) is 0.701. The molecule has 0 aliphatic heterocycles. The molecule has 9 heteroatoms. The molecule has 2 aromatic heterocycles. The Morgan fingerprint density at radius 2 is 1.86 bits per heavy atom. The number of halogens is 2. The zero-order valence-corrected chi connectivity index (χ0v) is 15.5. The van der Waals surface area contributed by atoms with Gasteiger partial charge in [0.25, 0.3) is 5.91 Å². The number of hydrogen-bond donors (Lipinski definition) is 2. The fourth-order valence-corrected chi connectivity index (χ4v) is 2.82. The highest BCUT2D eigenvalue weighted by Gasteiger charge is 2.24. The molecule has 3 rings (SSSR count). The van der Waals surface area contributed by atoms with Gasteiger partial charge in [0, 0.05) is 17.8 Å². The Hall–Kier alpha value is -3.80. The SMILES string of the molecule is CC(C)(C#N)NC(=O)c1cn(Cc2c(F)cccc2F)c2ccc(=O)[nH]c2c1=O. The number of nitrogens with zero attached hydrogens (tertiary/aromatic N) is 2. The molecule has 7 nitrogen and oxygen atoms in total. The Balaban J connectivity index is 2.23. The van der Waals surface area contributed by atoms with E-state index < -0.39 is 34.1 Å². The molecule has 0 fully saturated rings. The fourth-order valence-electron chi connectivity index (χ4n) is 2.82. The van der Waals surface area contributed by atoms with Gasteiger partial charge in [-0.25, -0.2) is 8.78 Å². The molecule has 2 heterocycles. The van der Waals surface area contributed by atoms with Crippen molar-refractivity contribution in [3.8, 4) is 6.07 Å². The van der Waals surface area contributed by atoms with E-state index in [1.165, 1.54) is 30.5 Å². The first kappa shape index (κ1) is 19.9. The molecule has 3 aromatic rings. The molecule has 0 saturated carbocycles. The van der Waals surface area contributed by atoms with Gasteiger partial charge in [-0.2, -0.15) is 5.26 Å².